The van der Waals surface area contributed by atoms with Crippen LogP contribution in [0.4, 0.5) is 5.82 Å². The number of aryl methyl sites for hydroxylation is 1. The van der Waals surface area contributed by atoms with Gasteiger partial charge in [0.25, 0.3) is 0 Å². The monoisotopic (exact) mass is 450 g/mol. The van der Waals surface area contributed by atoms with Crippen LogP contribution in [-0.4, -0.2) is 31.8 Å². The number of anilines is 1. The van der Waals surface area contributed by atoms with Crippen molar-refractivity contribution < 1.29 is 9.59 Å². The van der Waals surface area contributed by atoms with Crippen molar-refractivity contribution in [3.8, 4) is 0 Å². The number of nitrogens with zero attached hydrogens (tertiary/aromatic N) is 3. The third-order valence-electron chi connectivity index (χ3n) is 6.98. The number of amides is 2. The molecule has 0 spiro atoms. The van der Waals surface area contributed by atoms with Gasteiger partial charge < -0.3 is 5.32 Å². The Hall–Kier alpha value is -3.07. The van der Waals surface area contributed by atoms with E-state index in [1.807, 2.05) is 16.2 Å². The summed E-state index contributed by atoms with van der Waals surface area (Å²) >= 11 is 1.58. The summed E-state index contributed by atoms with van der Waals surface area (Å²) in [6.45, 7) is 2.07. The molecule has 32 heavy (non-hydrogen) atoms. The van der Waals surface area contributed by atoms with Gasteiger partial charge in [0.1, 0.15) is 5.52 Å². The topological polar surface area (TPSA) is 101 Å². The van der Waals surface area contributed by atoms with E-state index in [0.717, 1.165) is 61.0 Å². The van der Waals surface area contributed by atoms with Gasteiger partial charge in [-0.3, -0.25) is 24.4 Å². The summed E-state index contributed by atoms with van der Waals surface area (Å²) in [5, 5.41) is 2.99. The van der Waals surface area contributed by atoms with Crippen LogP contribution in [0.5, 0.6) is 0 Å². The molecule has 3 aromatic rings. The summed E-state index contributed by atoms with van der Waals surface area (Å²) in [6.07, 6.45) is 9.25. The minimum absolute atomic E-state index is 0.00806. The summed E-state index contributed by atoms with van der Waals surface area (Å²) < 4.78 is 1.98. The standard InChI is InChI=1S/C23H26N6O2S/c1-16-2-4-17(5-3-16)32-29-13-6-18-20(29)24-14-19(26-18)27-28-21(31)22-7-10-23(11-8-22,12-9-22)25-15-30/h2-6,13-15H,7-12H2,1H3,(H,25,30)(H,26,27)(H,28,31). The number of fused-ring (bicyclic) bond motifs is 4. The molecule has 0 atom stereocenters. The SMILES string of the molecule is Cc1ccc(Sn2ccc3nc(NNC(=O)C45CCC(NC=O)(CC4)CC5)cnc32)cc1. The van der Waals surface area contributed by atoms with E-state index in [2.05, 4.69) is 57.3 Å². The molecule has 2 bridgehead atoms. The summed E-state index contributed by atoms with van der Waals surface area (Å²) in [4.78, 5) is 34.2. The molecule has 3 aliphatic rings. The maximum absolute atomic E-state index is 13.0. The lowest BCUT2D eigenvalue weighted by molar-refractivity contribution is -0.138. The van der Waals surface area contributed by atoms with Gasteiger partial charge in [0, 0.05) is 16.6 Å². The summed E-state index contributed by atoms with van der Waals surface area (Å²) in [7, 11) is 0. The number of rotatable bonds is 7. The molecule has 0 unspecified atom stereocenters. The summed E-state index contributed by atoms with van der Waals surface area (Å²) in [5.74, 6) is 0.496. The second-order valence-corrected chi connectivity index (χ2v) is 9.96. The first-order valence-corrected chi connectivity index (χ1v) is 11.7. The third kappa shape index (κ3) is 3.81. The van der Waals surface area contributed by atoms with Crippen molar-refractivity contribution in [3.63, 3.8) is 0 Å². The molecule has 9 heteroatoms. The Kier molecular flexibility index (Phi) is 5.28. The zero-order chi connectivity index (χ0) is 22.2. The van der Waals surface area contributed by atoms with Crippen molar-refractivity contribution in [1.82, 2.24) is 24.7 Å². The lowest BCUT2D eigenvalue weighted by atomic mass is 9.57. The lowest BCUT2D eigenvalue weighted by Gasteiger charge is -2.52. The van der Waals surface area contributed by atoms with E-state index in [-0.39, 0.29) is 16.9 Å². The zero-order valence-corrected chi connectivity index (χ0v) is 18.7. The molecule has 3 aliphatic carbocycles. The minimum atomic E-state index is -0.370. The molecule has 3 fully saturated rings. The normalized spacial score (nSPS) is 24.3. The molecule has 3 saturated carbocycles. The molecule has 2 amide bonds. The van der Waals surface area contributed by atoms with Crippen molar-refractivity contribution in [3.05, 3.63) is 48.3 Å². The van der Waals surface area contributed by atoms with Crippen molar-refractivity contribution >= 4 is 41.2 Å². The van der Waals surface area contributed by atoms with Crippen molar-refractivity contribution in [2.45, 2.75) is 55.9 Å². The second-order valence-electron chi connectivity index (χ2n) is 8.91. The van der Waals surface area contributed by atoms with E-state index in [0.29, 0.717) is 5.82 Å². The van der Waals surface area contributed by atoms with E-state index in [1.54, 1.807) is 18.1 Å². The van der Waals surface area contributed by atoms with Gasteiger partial charge >= 0.3 is 0 Å². The summed E-state index contributed by atoms with van der Waals surface area (Å²) in [6, 6.07) is 10.2. The quantitative estimate of drug-likeness (QED) is 0.376. The van der Waals surface area contributed by atoms with Crippen LogP contribution in [-0.2, 0) is 9.59 Å². The fourth-order valence-electron chi connectivity index (χ4n) is 4.86. The average molecular weight is 451 g/mol. The van der Waals surface area contributed by atoms with Gasteiger partial charge in [0.15, 0.2) is 11.5 Å². The van der Waals surface area contributed by atoms with Gasteiger partial charge in [-0.05, 0) is 75.6 Å². The Morgan fingerprint density at radius 3 is 2.50 bits per heavy atom. The zero-order valence-electron chi connectivity index (χ0n) is 17.9. The van der Waals surface area contributed by atoms with Crippen molar-refractivity contribution in [1.29, 1.82) is 0 Å². The predicted molar refractivity (Wildman–Crippen MR) is 124 cm³/mol. The van der Waals surface area contributed by atoms with Crippen molar-refractivity contribution in [2.24, 2.45) is 5.41 Å². The van der Waals surface area contributed by atoms with Gasteiger partial charge in [-0.2, -0.15) is 0 Å². The molecule has 0 saturated heterocycles. The van der Waals surface area contributed by atoms with E-state index in [9.17, 15) is 9.59 Å². The van der Waals surface area contributed by atoms with Crippen molar-refractivity contribution in [2.75, 3.05) is 5.43 Å². The number of carbonyl (C=O) groups excluding carboxylic acids is 2. The van der Waals surface area contributed by atoms with Gasteiger partial charge in [0.05, 0.1) is 11.6 Å². The van der Waals surface area contributed by atoms with Crippen LogP contribution in [0.1, 0.15) is 44.1 Å². The Bertz CT molecular complexity index is 1130. The van der Waals surface area contributed by atoms with Gasteiger partial charge in [-0.15, -0.1) is 0 Å². The van der Waals surface area contributed by atoms with Crippen LogP contribution in [0.15, 0.2) is 47.6 Å². The van der Waals surface area contributed by atoms with E-state index in [1.165, 1.54) is 5.56 Å². The predicted octanol–water partition coefficient (Wildman–Crippen LogP) is 3.58. The van der Waals surface area contributed by atoms with Crippen LogP contribution < -0.4 is 16.2 Å². The smallest absolute Gasteiger partial charge is 0.244 e. The Balaban J connectivity index is 1.23. The highest BCUT2D eigenvalue weighted by molar-refractivity contribution is 7.98. The number of aromatic nitrogens is 3. The molecule has 2 heterocycles. The van der Waals surface area contributed by atoms with Gasteiger partial charge in [0.2, 0.25) is 12.3 Å². The fraction of sp³-hybridized carbons (Fsp3) is 0.391. The van der Waals surface area contributed by atoms with E-state index >= 15 is 0 Å². The maximum Gasteiger partial charge on any atom is 0.244 e. The van der Waals surface area contributed by atoms with Crippen LogP contribution >= 0.6 is 11.9 Å². The first-order chi connectivity index (χ1) is 15.5. The Labute approximate surface area is 190 Å². The van der Waals surface area contributed by atoms with E-state index in [4.69, 9.17) is 0 Å². The first kappa shape index (κ1) is 20.8. The third-order valence-corrected chi connectivity index (χ3v) is 7.95. The molecule has 0 aliphatic heterocycles. The Morgan fingerprint density at radius 2 is 1.81 bits per heavy atom. The van der Waals surface area contributed by atoms with Gasteiger partial charge in [-0.1, -0.05) is 17.7 Å². The number of benzene rings is 1. The van der Waals surface area contributed by atoms with Crippen LogP contribution in [0.25, 0.3) is 11.2 Å². The summed E-state index contributed by atoms with van der Waals surface area (Å²) in [5.41, 5.74) is 8.06. The highest BCUT2D eigenvalue weighted by atomic mass is 32.2. The maximum atomic E-state index is 13.0. The molecule has 6 rings (SSSR count). The Morgan fingerprint density at radius 1 is 1.09 bits per heavy atom. The molecular formula is C23H26N6O2S. The van der Waals surface area contributed by atoms with Gasteiger partial charge in [-0.25, -0.2) is 9.97 Å². The largest absolute Gasteiger partial charge is 0.353 e. The number of hydrazine groups is 1. The second kappa shape index (κ2) is 8.12. The average Bonchev–Trinajstić information content (AvgIpc) is 3.22. The first-order valence-electron chi connectivity index (χ1n) is 10.9. The number of hydrogen-bond acceptors (Lipinski definition) is 6. The fourth-order valence-corrected chi connectivity index (χ4v) is 5.69. The van der Waals surface area contributed by atoms with Crippen LogP contribution in [0.2, 0.25) is 0 Å². The molecular weight excluding hydrogens is 424 g/mol. The molecule has 3 N–H and O–H groups in total. The number of hydrogen-bond donors (Lipinski definition) is 3. The number of nitrogens with one attached hydrogen (secondary N) is 3. The van der Waals surface area contributed by atoms with Crippen LogP contribution in [0, 0.1) is 12.3 Å². The molecule has 1 aromatic carbocycles. The highest BCUT2D eigenvalue weighted by Crippen LogP contribution is 2.52. The van der Waals surface area contributed by atoms with E-state index < -0.39 is 0 Å². The molecule has 0 radical (unpaired) electrons. The number of carbonyl (C=O) groups is 2. The molecule has 8 nitrogen and oxygen atoms in total. The lowest BCUT2D eigenvalue weighted by Crippen LogP contribution is -2.58. The minimum Gasteiger partial charge on any atom is -0.353 e. The molecule has 166 valence electrons. The highest BCUT2D eigenvalue weighted by Gasteiger charge is 2.52. The molecule has 2 aromatic heterocycles. The van der Waals surface area contributed by atoms with Crippen LogP contribution in [0.3, 0.4) is 0 Å².